The van der Waals surface area contributed by atoms with Gasteiger partial charge in [0.25, 0.3) is 0 Å². The van der Waals surface area contributed by atoms with E-state index in [1.807, 2.05) is 36.4 Å². The summed E-state index contributed by atoms with van der Waals surface area (Å²) in [4.78, 5) is 24.3. The fourth-order valence-corrected chi connectivity index (χ4v) is 2.16. The fraction of sp³-hybridized carbons (Fsp3) is 0.125. The highest BCUT2D eigenvalue weighted by atomic mass is 16.1. The molecule has 0 radical (unpaired) electrons. The van der Waals surface area contributed by atoms with Gasteiger partial charge in [0.1, 0.15) is 0 Å². The molecule has 3 rings (SSSR count). The predicted molar refractivity (Wildman–Crippen MR) is 72.3 cm³/mol. The lowest BCUT2D eigenvalue weighted by atomic mass is 10.0. The number of carbonyl (C=O) groups excluding carboxylic acids is 2. The lowest BCUT2D eigenvalue weighted by Gasteiger charge is -1.99. The molecule has 19 heavy (non-hydrogen) atoms. The van der Waals surface area contributed by atoms with Gasteiger partial charge in [-0.05, 0) is 0 Å². The zero-order valence-corrected chi connectivity index (χ0v) is 10.2. The van der Waals surface area contributed by atoms with Gasteiger partial charge >= 0.3 is 0 Å². The van der Waals surface area contributed by atoms with Gasteiger partial charge in [0, 0.05) is 11.1 Å². The Balaban J connectivity index is 1.72. The Kier molecular flexibility index (Phi) is 2.97. The number of benzene rings is 2. The normalized spacial score (nSPS) is 20.8. The minimum Gasteiger partial charge on any atom is -0.294 e. The average molecular weight is 251 g/mol. The molecule has 0 bridgehead atoms. The van der Waals surface area contributed by atoms with Crippen molar-refractivity contribution in [3.8, 4) is 0 Å². The van der Waals surface area contributed by atoms with Crippen LogP contribution in [-0.2, 0) is 0 Å². The topological polar surface area (TPSA) is 56.1 Å². The zero-order valence-electron chi connectivity index (χ0n) is 10.2. The van der Waals surface area contributed by atoms with E-state index in [9.17, 15) is 9.59 Å². The maximum Gasteiger partial charge on any atom is 0.181 e. The standard InChI is InChI=1S/C16H13NO2/c18-15(11-7-3-1-4-8-11)13-14(17-13)16(19)12-9-5-2-6-10-12/h1-10,13-14,17H. The van der Waals surface area contributed by atoms with E-state index >= 15 is 0 Å². The van der Waals surface area contributed by atoms with Gasteiger partial charge in [-0.2, -0.15) is 0 Å². The van der Waals surface area contributed by atoms with Gasteiger partial charge in [-0.1, -0.05) is 60.7 Å². The molecule has 1 aliphatic heterocycles. The van der Waals surface area contributed by atoms with Crippen LogP contribution in [0.1, 0.15) is 20.7 Å². The van der Waals surface area contributed by atoms with Crippen molar-refractivity contribution >= 4 is 11.6 Å². The number of hydrogen-bond donors (Lipinski definition) is 1. The number of ketones is 2. The van der Waals surface area contributed by atoms with Crippen LogP contribution in [-0.4, -0.2) is 23.7 Å². The van der Waals surface area contributed by atoms with Gasteiger partial charge in [0.15, 0.2) is 11.6 Å². The highest BCUT2D eigenvalue weighted by Crippen LogP contribution is 2.21. The molecule has 0 amide bonds. The van der Waals surface area contributed by atoms with E-state index < -0.39 is 0 Å². The quantitative estimate of drug-likeness (QED) is 0.668. The van der Waals surface area contributed by atoms with Crippen LogP contribution < -0.4 is 5.32 Å². The van der Waals surface area contributed by atoms with Crippen molar-refractivity contribution in [2.75, 3.05) is 0 Å². The second-order valence-electron chi connectivity index (χ2n) is 4.58. The molecule has 0 aromatic heterocycles. The third kappa shape index (κ3) is 2.33. The summed E-state index contributed by atoms with van der Waals surface area (Å²) < 4.78 is 0. The van der Waals surface area contributed by atoms with Crippen molar-refractivity contribution in [3.63, 3.8) is 0 Å². The van der Waals surface area contributed by atoms with E-state index in [1.165, 1.54) is 0 Å². The van der Waals surface area contributed by atoms with Gasteiger partial charge in [-0.15, -0.1) is 0 Å². The van der Waals surface area contributed by atoms with Crippen LogP contribution in [0, 0.1) is 0 Å². The van der Waals surface area contributed by atoms with E-state index in [4.69, 9.17) is 0 Å². The van der Waals surface area contributed by atoms with E-state index in [-0.39, 0.29) is 23.7 Å². The first-order chi connectivity index (χ1) is 9.27. The van der Waals surface area contributed by atoms with Crippen molar-refractivity contribution in [2.45, 2.75) is 12.1 Å². The second kappa shape index (κ2) is 4.78. The van der Waals surface area contributed by atoms with Crippen molar-refractivity contribution < 1.29 is 9.59 Å². The summed E-state index contributed by atoms with van der Waals surface area (Å²) in [5, 5.41) is 2.97. The smallest absolute Gasteiger partial charge is 0.181 e. The van der Waals surface area contributed by atoms with E-state index in [0.717, 1.165) is 0 Å². The number of carbonyl (C=O) groups is 2. The average Bonchev–Trinajstić information content (AvgIpc) is 3.28. The Morgan fingerprint density at radius 3 is 1.42 bits per heavy atom. The van der Waals surface area contributed by atoms with Gasteiger partial charge in [-0.25, -0.2) is 0 Å². The molecule has 2 atom stereocenters. The molecule has 2 unspecified atom stereocenters. The van der Waals surface area contributed by atoms with Crippen LogP contribution in [0.15, 0.2) is 60.7 Å². The van der Waals surface area contributed by atoms with Crippen LogP contribution >= 0.6 is 0 Å². The molecule has 1 heterocycles. The first kappa shape index (κ1) is 11.8. The van der Waals surface area contributed by atoms with E-state index in [2.05, 4.69) is 5.32 Å². The molecular formula is C16H13NO2. The number of rotatable bonds is 4. The molecule has 3 heteroatoms. The summed E-state index contributed by atoms with van der Waals surface area (Å²) in [6.07, 6.45) is 0. The fourth-order valence-electron chi connectivity index (χ4n) is 2.16. The SMILES string of the molecule is O=C(c1ccccc1)C1NC1C(=O)c1ccccc1. The largest absolute Gasteiger partial charge is 0.294 e. The zero-order chi connectivity index (χ0) is 13.2. The molecule has 1 saturated heterocycles. The van der Waals surface area contributed by atoms with Crippen molar-refractivity contribution in [2.24, 2.45) is 0 Å². The van der Waals surface area contributed by atoms with E-state index in [1.54, 1.807) is 24.3 Å². The molecule has 0 saturated carbocycles. The van der Waals surface area contributed by atoms with Crippen LogP contribution in [0.25, 0.3) is 0 Å². The van der Waals surface area contributed by atoms with Crippen molar-refractivity contribution in [3.05, 3.63) is 71.8 Å². The van der Waals surface area contributed by atoms with Gasteiger partial charge in [-0.3, -0.25) is 14.9 Å². The Labute approximate surface area is 111 Å². The molecule has 1 N–H and O–H groups in total. The van der Waals surface area contributed by atoms with Crippen LogP contribution in [0.4, 0.5) is 0 Å². The lowest BCUT2D eigenvalue weighted by Crippen LogP contribution is -2.16. The van der Waals surface area contributed by atoms with Crippen LogP contribution in [0.2, 0.25) is 0 Å². The minimum absolute atomic E-state index is 0.0186. The monoisotopic (exact) mass is 251 g/mol. The summed E-state index contributed by atoms with van der Waals surface area (Å²) in [7, 11) is 0. The third-order valence-electron chi connectivity index (χ3n) is 3.26. The first-order valence-corrected chi connectivity index (χ1v) is 6.22. The highest BCUT2D eigenvalue weighted by molar-refractivity contribution is 6.12. The number of nitrogens with one attached hydrogen (secondary N) is 1. The van der Waals surface area contributed by atoms with Crippen molar-refractivity contribution in [1.82, 2.24) is 5.32 Å². The first-order valence-electron chi connectivity index (χ1n) is 6.22. The number of Topliss-reactive ketones (excluding diaryl/α,β-unsaturated/α-hetero) is 2. The minimum atomic E-state index is -0.380. The van der Waals surface area contributed by atoms with Gasteiger partial charge in [0.2, 0.25) is 0 Å². The maximum atomic E-state index is 12.1. The molecule has 0 spiro atoms. The molecule has 2 aromatic carbocycles. The van der Waals surface area contributed by atoms with E-state index in [0.29, 0.717) is 11.1 Å². The highest BCUT2D eigenvalue weighted by Gasteiger charge is 2.47. The summed E-state index contributed by atoms with van der Waals surface area (Å²) in [5.41, 5.74) is 1.28. The molecule has 2 aromatic rings. The Morgan fingerprint density at radius 1 is 0.684 bits per heavy atom. The third-order valence-corrected chi connectivity index (χ3v) is 3.26. The number of hydrogen-bond acceptors (Lipinski definition) is 3. The molecule has 3 nitrogen and oxygen atoms in total. The maximum absolute atomic E-state index is 12.1. The Bertz CT molecular complexity index is 552. The molecule has 1 fully saturated rings. The molecule has 0 aliphatic carbocycles. The molecular weight excluding hydrogens is 238 g/mol. The Morgan fingerprint density at radius 2 is 1.05 bits per heavy atom. The summed E-state index contributed by atoms with van der Waals surface area (Å²) >= 11 is 0. The van der Waals surface area contributed by atoms with Crippen LogP contribution in [0.5, 0.6) is 0 Å². The Hall–Kier alpha value is -2.26. The van der Waals surface area contributed by atoms with Crippen molar-refractivity contribution in [1.29, 1.82) is 0 Å². The second-order valence-corrected chi connectivity index (χ2v) is 4.58. The summed E-state index contributed by atoms with van der Waals surface area (Å²) in [6.45, 7) is 0. The summed E-state index contributed by atoms with van der Waals surface area (Å²) in [5.74, 6) is -0.0373. The molecule has 1 aliphatic rings. The predicted octanol–water partition coefficient (Wildman–Crippen LogP) is 2.09. The summed E-state index contributed by atoms with van der Waals surface area (Å²) in [6, 6.07) is 17.3. The molecule has 94 valence electrons. The lowest BCUT2D eigenvalue weighted by molar-refractivity contribution is 0.0948. The van der Waals surface area contributed by atoms with Crippen LogP contribution in [0.3, 0.4) is 0 Å². The van der Waals surface area contributed by atoms with Gasteiger partial charge in [0.05, 0.1) is 12.1 Å². The van der Waals surface area contributed by atoms with Gasteiger partial charge < -0.3 is 0 Å².